The molecule has 0 aliphatic heterocycles. The second-order valence-corrected chi connectivity index (χ2v) is 4.08. The molecule has 0 aliphatic rings. The fraction of sp³-hybridized carbons (Fsp3) is 0.0714. The van der Waals surface area contributed by atoms with Crippen molar-refractivity contribution in [2.75, 3.05) is 7.11 Å². The number of fused-ring (bicyclic) bond motifs is 1. The summed E-state index contributed by atoms with van der Waals surface area (Å²) >= 11 is 0. The molecule has 0 saturated carbocycles. The molecule has 0 bridgehead atoms. The van der Waals surface area contributed by atoms with Crippen molar-refractivity contribution in [1.29, 1.82) is 0 Å². The van der Waals surface area contributed by atoms with Crippen LogP contribution in [-0.2, 0) is 0 Å². The number of hydrogen-bond acceptors (Lipinski definition) is 3. The van der Waals surface area contributed by atoms with E-state index in [-0.39, 0.29) is 5.88 Å². The monoisotopic (exact) mass is 258 g/mol. The highest BCUT2D eigenvalue weighted by Gasteiger charge is 2.17. The normalized spacial score (nSPS) is 10.8. The standard InChI is InChI=1S/C14H11FN2O2/c1-19-11-7-6-10-13(17-11)12(14(18)16-10)8-4-2-3-5-9(8)15/h2-7,16,18H,1H3. The Morgan fingerprint density at radius 1 is 1.21 bits per heavy atom. The molecule has 96 valence electrons. The molecule has 19 heavy (non-hydrogen) atoms. The van der Waals surface area contributed by atoms with Gasteiger partial charge in [0.25, 0.3) is 0 Å². The van der Waals surface area contributed by atoms with Crippen molar-refractivity contribution in [1.82, 2.24) is 9.97 Å². The zero-order valence-corrected chi connectivity index (χ0v) is 10.1. The van der Waals surface area contributed by atoms with Crippen LogP contribution in [0, 0.1) is 5.82 Å². The molecule has 0 amide bonds. The van der Waals surface area contributed by atoms with Crippen LogP contribution in [0.15, 0.2) is 36.4 Å². The van der Waals surface area contributed by atoms with E-state index in [1.807, 2.05) is 0 Å². The third-order valence-corrected chi connectivity index (χ3v) is 2.95. The number of nitrogens with zero attached hydrogens (tertiary/aromatic N) is 1. The van der Waals surface area contributed by atoms with E-state index in [9.17, 15) is 9.50 Å². The first-order valence-electron chi connectivity index (χ1n) is 5.71. The number of H-pyrrole nitrogens is 1. The Morgan fingerprint density at radius 3 is 2.74 bits per heavy atom. The molecule has 1 aromatic carbocycles. The first kappa shape index (κ1) is 11.5. The summed E-state index contributed by atoms with van der Waals surface area (Å²) in [4.78, 5) is 7.03. The van der Waals surface area contributed by atoms with Crippen LogP contribution >= 0.6 is 0 Å². The molecule has 2 aromatic heterocycles. The van der Waals surface area contributed by atoms with Crippen molar-refractivity contribution in [2.24, 2.45) is 0 Å². The molecule has 0 unspecified atom stereocenters. The van der Waals surface area contributed by atoms with Gasteiger partial charge in [-0.3, -0.25) is 0 Å². The number of ether oxygens (including phenoxy) is 1. The van der Waals surface area contributed by atoms with Gasteiger partial charge in [-0.1, -0.05) is 18.2 Å². The van der Waals surface area contributed by atoms with Gasteiger partial charge in [-0.15, -0.1) is 0 Å². The molecule has 3 rings (SSSR count). The van der Waals surface area contributed by atoms with E-state index in [4.69, 9.17) is 4.74 Å². The first-order chi connectivity index (χ1) is 9.20. The maximum absolute atomic E-state index is 13.9. The summed E-state index contributed by atoms with van der Waals surface area (Å²) < 4.78 is 18.9. The molecule has 0 aliphatic carbocycles. The Kier molecular flexibility index (Phi) is 2.59. The molecule has 0 radical (unpaired) electrons. The highest BCUT2D eigenvalue weighted by Crippen LogP contribution is 2.37. The molecule has 5 heteroatoms. The topological polar surface area (TPSA) is 58.1 Å². The number of aromatic amines is 1. The summed E-state index contributed by atoms with van der Waals surface area (Å²) in [6.45, 7) is 0. The number of nitrogens with one attached hydrogen (secondary N) is 1. The largest absolute Gasteiger partial charge is 0.494 e. The Hall–Kier alpha value is -2.56. The Balaban J connectivity index is 2.34. The van der Waals surface area contributed by atoms with Crippen LogP contribution in [-0.4, -0.2) is 22.2 Å². The van der Waals surface area contributed by atoms with Crippen molar-refractivity contribution in [3.05, 3.63) is 42.2 Å². The van der Waals surface area contributed by atoms with Crippen molar-refractivity contribution in [3.8, 4) is 22.9 Å². The third-order valence-electron chi connectivity index (χ3n) is 2.95. The molecule has 2 heterocycles. The van der Waals surface area contributed by atoms with E-state index >= 15 is 0 Å². The first-order valence-corrected chi connectivity index (χ1v) is 5.71. The van der Waals surface area contributed by atoms with Crippen LogP contribution in [0.2, 0.25) is 0 Å². The highest BCUT2D eigenvalue weighted by atomic mass is 19.1. The predicted molar refractivity (Wildman–Crippen MR) is 69.7 cm³/mol. The van der Waals surface area contributed by atoms with Gasteiger partial charge in [-0.25, -0.2) is 9.37 Å². The van der Waals surface area contributed by atoms with E-state index in [1.54, 1.807) is 30.3 Å². The van der Waals surface area contributed by atoms with Crippen molar-refractivity contribution in [3.63, 3.8) is 0 Å². The molecule has 0 saturated heterocycles. The number of aromatic hydroxyl groups is 1. The van der Waals surface area contributed by atoms with Gasteiger partial charge in [0, 0.05) is 11.6 Å². The SMILES string of the molecule is COc1ccc2[nH]c(O)c(-c3ccccc3F)c2n1. The van der Waals surface area contributed by atoms with Gasteiger partial charge in [-0.05, 0) is 12.1 Å². The summed E-state index contributed by atoms with van der Waals surface area (Å²) in [5, 5.41) is 9.97. The maximum atomic E-state index is 13.9. The molecule has 4 nitrogen and oxygen atoms in total. The fourth-order valence-electron chi connectivity index (χ4n) is 2.07. The summed E-state index contributed by atoms with van der Waals surface area (Å²) in [7, 11) is 1.50. The summed E-state index contributed by atoms with van der Waals surface area (Å²) in [5.74, 6) is -0.117. The number of aromatic nitrogens is 2. The van der Waals surface area contributed by atoms with Crippen molar-refractivity contribution >= 4 is 11.0 Å². The zero-order chi connectivity index (χ0) is 13.4. The number of methoxy groups -OCH3 is 1. The van der Waals surface area contributed by atoms with Gasteiger partial charge in [0.1, 0.15) is 11.3 Å². The van der Waals surface area contributed by atoms with Crippen molar-refractivity contribution in [2.45, 2.75) is 0 Å². The average Bonchev–Trinajstić information content (AvgIpc) is 2.74. The molecule has 2 N–H and O–H groups in total. The van der Waals surface area contributed by atoms with Gasteiger partial charge in [0.05, 0.1) is 18.2 Å². The highest BCUT2D eigenvalue weighted by molar-refractivity contribution is 5.96. The van der Waals surface area contributed by atoms with Crippen LogP contribution in [0.1, 0.15) is 0 Å². The van der Waals surface area contributed by atoms with E-state index in [1.165, 1.54) is 13.2 Å². The molecule has 0 fully saturated rings. The smallest absolute Gasteiger partial charge is 0.213 e. The lowest BCUT2D eigenvalue weighted by Gasteiger charge is -2.03. The Labute approximate surface area is 108 Å². The fourth-order valence-corrected chi connectivity index (χ4v) is 2.07. The zero-order valence-electron chi connectivity index (χ0n) is 10.1. The van der Waals surface area contributed by atoms with E-state index in [0.717, 1.165) is 0 Å². The van der Waals surface area contributed by atoms with Crippen LogP contribution in [0.25, 0.3) is 22.2 Å². The second-order valence-electron chi connectivity index (χ2n) is 4.08. The number of halogens is 1. The molecule has 3 aromatic rings. The number of rotatable bonds is 2. The lowest BCUT2D eigenvalue weighted by Crippen LogP contribution is -1.88. The molecular weight excluding hydrogens is 247 g/mol. The lowest BCUT2D eigenvalue weighted by atomic mass is 10.1. The van der Waals surface area contributed by atoms with E-state index in [2.05, 4.69) is 9.97 Å². The predicted octanol–water partition coefficient (Wildman–Crippen LogP) is 3.08. The lowest BCUT2D eigenvalue weighted by molar-refractivity contribution is 0.399. The Bertz CT molecular complexity index is 752. The quantitative estimate of drug-likeness (QED) is 0.742. The van der Waals surface area contributed by atoms with E-state index in [0.29, 0.717) is 28.0 Å². The second kappa shape index (κ2) is 4.28. The van der Waals surface area contributed by atoms with E-state index < -0.39 is 5.82 Å². The van der Waals surface area contributed by atoms with Gasteiger partial charge in [0.2, 0.25) is 5.88 Å². The minimum Gasteiger partial charge on any atom is -0.494 e. The van der Waals surface area contributed by atoms with Gasteiger partial charge in [0.15, 0.2) is 5.88 Å². The minimum atomic E-state index is -0.414. The van der Waals surface area contributed by atoms with Crippen LogP contribution < -0.4 is 4.74 Å². The van der Waals surface area contributed by atoms with Crippen molar-refractivity contribution < 1.29 is 14.2 Å². The van der Waals surface area contributed by atoms with Crippen LogP contribution in [0.3, 0.4) is 0 Å². The van der Waals surface area contributed by atoms with Gasteiger partial charge in [-0.2, -0.15) is 0 Å². The van der Waals surface area contributed by atoms with Crippen LogP contribution in [0.4, 0.5) is 4.39 Å². The third kappa shape index (κ3) is 1.79. The van der Waals surface area contributed by atoms with Gasteiger partial charge >= 0.3 is 0 Å². The number of benzene rings is 1. The minimum absolute atomic E-state index is 0.110. The maximum Gasteiger partial charge on any atom is 0.213 e. The van der Waals surface area contributed by atoms with Crippen LogP contribution in [0.5, 0.6) is 11.8 Å². The summed E-state index contributed by atoms with van der Waals surface area (Å²) in [5.41, 5.74) is 1.73. The molecule has 0 spiro atoms. The number of pyridine rings is 1. The number of hydrogen-bond donors (Lipinski definition) is 2. The molecule has 0 atom stereocenters. The summed E-state index contributed by atoms with van der Waals surface area (Å²) in [6, 6.07) is 9.64. The Morgan fingerprint density at radius 2 is 2.00 bits per heavy atom. The van der Waals surface area contributed by atoms with Gasteiger partial charge < -0.3 is 14.8 Å². The summed E-state index contributed by atoms with van der Waals surface area (Å²) in [6.07, 6.45) is 0. The average molecular weight is 258 g/mol. The molecular formula is C14H11FN2O2.